The van der Waals surface area contributed by atoms with Gasteiger partial charge in [-0.1, -0.05) is 5.92 Å². The van der Waals surface area contributed by atoms with Crippen molar-refractivity contribution >= 4 is 5.97 Å². The molecule has 0 saturated heterocycles. The van der Waals surface area contributed by atoms with Crippen LogP contribution in [0.25, 0.3) is 11.1 Å². The normalized spacial score (nSPS) is 10.2. The van der Waals surface area contributed by atoms with E-state index in [9.17, 15) is 19.1 Å². The number of pyridine rings is 1. The summed E-state index contributed by atoms with van der Waals surface area (Å²) in [5, 5.41) is 9.29. The fourth-order valence-corrected chi connectivity index (χ4v) is 2.04. The minimum absolute atomic E-state index is 0.0390. The molecule has 2 rings (SSSR count). The smallest absolute Gasteiger partial charge is 0.338 e. The van der Waals surface area contributed by atoms with Crippen LogP contribution in [0.2, 0.25) is 0 Å². The first kappa shape index (κ1) is 13.6. The van der Waals surface area contributed by atoms with Crippen LogP contribution in [0, 0.1) is 25.1 Å². The molecule has 0 aromatic carbocycles. The van der Waals surface area contributed by atoms with E-state index in [4.69, 9.17) is 6.42 Å². The Morgan fingerprint density at radius 3 is 2.80 bits per heavy atom. The number of aromatic carboxylic acids is 1. The molecule has 0 spiro atoms. The number of benzene rings is 1. The lowest BCUT2D eigenvalue weighted by molar-refractivity contribution is 0.0696. The lowest BCUT2D eigenvalue weighted by atomic mass is 9.97. The minimum Gasteiger partial charge on any atom is -0.478 e. The van der Waals surface area contributed by atoms with E-state index in [1.54, 1.807) is 6.92 Å². The average molecular weight is 274 g/mol. The maximum Gasteiger partial charge on any atom is 0.338 e. The molecule has 1 aliphatic heterocycles. The number of halogens is 1. The van der Waals surface area contributed by atoms with Crippen LogP contribution < -0.4 is 10.9 Å². The summed E-state index contributed by atoms with van der Waals surface area (Å²) in [7, 11) is 0. The third-order valence-corrected chi connectivity index (χ3v) is 2.92. The Morgan fingerprint density at radius 1 is 1.50 bits per heavy atom. The quantitative estimate of drug-likeness (QED) is 0.827. The monoisotopic (exact) mass is 274 g/mol. The van der Waals surface area contributed by atoms with Gasteiger partial charge < -0.3 is 10.5 Å². The lowest BCUT2D eigenvalue weighted by Crippen LogP contribution is -2.22. The first-order valence-electron chi connectivity index (χ1n) is 5.72. The van der Waals surface area contributed by atoms with Gasteiger partial charge in [0.25, 0.3) is 0 Å². The number of terminal acetylenes is 1. The molecule has 6 heteroatoms. The molecule has 2 N–H and O–H groups in total. The Morgan fingerprint density at radius 2 is 2.20 bits per heavy atom. The zero-order chi connectivity index (χ0) is 14.9. The van der Waals surface area contributed by atoms with Gasteiger partial charge in [0.1, 0.15) is 5.82 Å². The van der Waals surface area contributed by atoms with Gasteiger partial charge in [-0.15, -0.1) is 6.42 Å². The van der Waals surface area contributed by atoms with Crippen molar-refractivity contribution in [3.05, 3.63) is 45.6 Å². The Labute approximate surface area is 114 Å². The molecule has 0 amide bonds. The standard InChI is InChI=1S/C14H11FN2O3/c1-3-4-16-17-7-11-10(5-9(18)6-12(11)15)13(8(17)2)14(19)20/h1,5-7,16H,4H2,2H3,(H,19,20). The second kappa shape index (κ2) is 5.05. The SMILES string of the molecule is C#CCNn1cc2c(F)cc(=O)cc-2c(C(=O)O)c1C. The molecule has 1 heterocycles. The van der Waals surface area contributed by atoms with E-state index < -0.39 is 17.2 Å². The van der Waals surface area contributed by atoms with Crippen molar-refractivity contribution in [3.63, 3.8) is 0 Å². The van der Waals surface area contributed by atoms with Crippen LogP contribution in [0.15, 0.2) is 23.1 Å². The van der Waals surface area contributed by atoms with E-state index in [2.05, 4.69) is 11.3 Å². The van der Waals surface area contributed by atoms with Crippen molar-refractivity contribution in [1.82, 2.24) is 4.68 Å². The number of hydrogen-bond donors (Lipinski definition) is 2. The van der Waals surface area contributed by atoms with Gasteiger partial charge in [0.2, 0.25) is 0 Å². The molecular weight excluding hydrogens is 263 g/mol. The highest BCUT2D eigenvalue weighted by Crippen LogP contribution is 2.29. The van der Waals surface area contributed by atoms with Crippen molar-refractivity contribution in [2.45, 2.75) is 6.92 Å². The van der Waals surface area contributed by atoms with Gasteiger partial charge in [0, 0.05) is 23.4 Å². The Balaban J connectivity index is 2.84. The largest absolute Gasteiger partial charge is 0.478 e. The fourth-order valence-electron chi connectivity index (χ4n) is 2.04. The van der Waals surface area contributed by atoms with E-state index in [-0.39, 0.29) is 23.2 Å². The highest BCUT2D eigenvalue weighted by molar-refractivity contribution is 5.97. The number of carbonyl (C=O) groups is 1. The molecule has 1 aliphatic carbocycles. The molecule has 2 aliphatic rings. The van der Waals surface area contributed by atoms with Crippen LogP contribution in [-0.2, 0) is 0 Å². The van der Waals surface area contributed by atoms with Crippen LogP contribution in [0.4, 0.5) is 4.39 Å². The predicted octanol–water partition coefficient (Wildman–Crippen LogP) is 1.28. The molecule has 0 aromatic heterocycles. The molecule has 0 unspecified atom stereocenters. The third-order valence-electron chi connectivity index (χ3n) is 2.92. The van der Waals surface area contributed by atoms with Gasteiger partial charge in [-0.2, -0.15) is 0 Å². The number of rotatable bonds is 3. The van der Waals surface area contributed by atoms with Crippen molar-refractivity contribution in [2.75, 3.05) is 12.0 Å². The van der Waals surface area contributed by atoms with Gasteiger partial charge in [0.05, 0.1) is 17.8 Å². The summed E-state index contributed by atoms with van der Waals surface area (Å²) in [5.41, 5.74) is 2.48. The van der Waals surface area contributed by atoms with Crippen LogP contribution in [0.5, 0.6) is 0 Å². The zero-order valence-electron chi connectivity index (χ0n) is 10.6. The molecule has 5 nitrogen and oxygen atoms in total. The van der Waals surface area contributed by atoms with E-state index in [1.165, 1.54) is 10.9 Å². The third kappa shape index (κ3) is 2.21. The fraction of sp³-hybridized carbons (Fsp3) is 0.143. The summed E-state index contributed by atoms with van der Waals surface area (Å²) in [6.07, 6.45) is 6.51. The summed E-state index contributed by atoms with van der Waals surface area (Å²) < 4.78 is 15.2. The van der Waals surface area contributed by atoms with Crippen LogP contribution >= 0.6 is 0 Å². The van der Waals surface area contributed by atoms with Crippen molar-refractivity contribution in [1.29, 1.82) is 0 Å². The molecule has 0 radical (unpaired) electrons. The number of nitrogens with one attached hydrogen (secondary N) is 1. The predicted molar refractivity (Wildman–Crippen MR) is 72.0 cm³/mol. The van der Waals surface area contributed by atoms with Gasteiger partial charge >= 0.3 is 5.97 Å². The highest BCUT2D eigenvalue weighted by atomic mass is 19.1. The Bertz CT molecular complexity index is 758. The summed E-state index contributed by atoms with van der Waals surface area (Å²) in [5.74, 6) is 0.327. The van der Waals surface area contributed by atoms with E-state index in [1.807, 2.05) is 0 Å². The molecule has 0 aromatic rings. The highest BCUT2D eigenvalue weighted by Gasteiger charge is 2.22. The zero-order valence-corrected chi connectivity index (χ0v) is 10.6. The van der Waals surface area contributed by atoms with Crippen LogP contribution in [0.3, 0.4) is 0 Å². The van der Waals surface area contributed by atoms with Crippen LogP contribution in [-0.4, -0.2) is 22.3 Å². The number of fused-ring (bicyclic) bond motifs is 1. The molecule has 102 valence electrons. The van der Waals surface area contributed by atoms with Crippen LogP contribution in [0.1, 0.15) is 16.1 Å². The summed E-state index contributed by atoms with van der Waals surface area (Å²) in [6, 6.07) is 1.93. The molecule has 0 saturated carbocycles. The first-order valence-corrected chi connectivity index (χ1v) is 5.72. The van der Waals surface area contributed by atoms with Crippen molar-refractivity contribution in [3.8, 4) is 23.5 Å². The summed E-state index contributed by atoms with van der Waals surface area (Å²) in [6.45, 7) is 1.69. The lowest BCUT2D eigenvalue weighted by Gasteiger charge is -2.19. The molecule has 0 fully saturated rings. The molecule has 20 heavy (non-hydrogen) atoms. The molecule has 0 atom stereocenters. The van der Waals surface area contributed by atoms with Gasteiger partial charge in [-0.3, -0.25) is 9.47 Å². The summed E-state index contributed by atoms with van der Waals surface area (Å²) in [4.78, 5) is 22.7. The average Bonchev–Trinajstić information content (AvgIpc) is 2.36. The summed E-state index contributed by atoms with van der Waals surface area (Å²) >= 11 is 0. The second-order valence-electron chi connectivity index (χ2n) is 4.17. The van der Waals surface area contributed by atoms with E-state index >= 15 is 0 Å². The molecule has 0 bridgehead atoms. The van der Waals surface area contributed by atoms with Gasteiger partial charge in [0.15, 0.2) is 5.43 Å². The second-order valence-corrected chi connectivity index (χ2v) is 4.17. The van der Waals surface area contributed by atoms with E-state index in [0.717, 1.165) is 12.1 Å². The van der Waals surface area contributed by atoms with Crippen molar-refractivity contribution in [2.24, 2.45) is 0 Å². The number of carboxylic acids is 1. The number of nitrogens with zero attached hydrogens (tertiary/aromatic N) is 1. The maximum atomic E-state index is 13.8. The van der Waals surface area contributed by atoms with E-state index in [0.29, 0.717) is 5.69 Å². The van der Waals surface area contributed by atoms with Gasteiger partial charge in [-0.05, 0) is 13.0 Å². The molecular formula is C14H11FN2O3. The number of hydrogen-bond acceptors (Lipinski definition) is 3. The number of carboxylic acid groups (broad SMARTS) is 1. The number of aromatic nitrogens is 1. The Hall–Kier alpha value is -2.81. The minimum atomic E-state index is -1.24. The Kier molecular flexibility index (Phi) is 3.44. The van der Waals surface area contributed by atoms with Crippen molar-refractivity contribution < 1.29 is 14.3 Å². The maximum absolute atomic E-state index is 13.8. The first-order chi connectivity index (χ1) is 9.45. The van der Waals surface area contributed by atoms with Gasteiger partial charge in [-0.25, -0.2) is 9.18 Å². The topological polar surface area (TPSA) is 71.3 Å².